The van der Waals surface area contributed by atoms with E-state index in [1.807, 2.05) is 24.3 Å². The molecule has 0 unspecified atom stereocenters. The van der Waals surface area contributed by atoms with Crippen LogP contribution in [-0.2, 0) is 0 Å². The topological polar surface area (TPSA) is 83.9 Å². The van der Waals surface area contributed by atoms with E-state index in [-0.39, 0.29) is 11.7 Å². The molecule has 0 radical (unpaired) electrons. The number of fused-ring (bicyclic) bond motifs is 2. The van der Waals surface area contributed by atoms with Crippen molar-refractivity contribution in [2.75, 3.05) is 13.1 Å². The van der Waals surface area contributed by atoms with Crippen LogP contribution in [-0.4, -0.2) is 43.5 Å². The second-order valence-corrected chi connectivity index (χ2v) is 6.13. The van der Waals surface area contributed by atoms with Gasteiger partial charge >= 0.3 is 11.7 Å². The Balaban J connectivity index is 2.05. The van der Waals surface area contributed by atoms with Gasteiger partial charge in [0.25, 0.3) is 0 Å². The van der Waals surface area contributed by atoms with Crippen molar-refractivity contribution >= 4 is 28.4 Å². The van der Waals surface area contributed by atoms with Crippen LogP contribution in [0.1, 0.15) is 39.5 Å². The molecule has 0 aliphatic heterocycles. The summed E-state index contributed by atoms with van der Waals surface area (Å²) in [5, 5.41) is 0. The van der Waals surface area contributed by atoms with E-state index in [2.05, 4.69) is 28.8 Å². The normalized spacial score (nSPS) is 11.3. The second kappa shape index (κ2) is 7.46. The highest BCUT2D eigenvalue weighted by Gasteiger charge is 2.21. The van der Waals surface area contributed by atoms with Gasteiger partial charge in [-0.25, -0.2) is 19.6 Å². The molecule has 1 amide bonds. The third-order valence-corrected chi connectivity index (χ3v) is 4.22. The van der Waals surface area contributed by atoms with Crippen LogP contribution in [0.4, 0.5) is 4.79 Å². The number of imidazole rings is 1. The number of aromatic amines is 1. The average Bonchev–Trinajstić information content (AvgIpc) is 2.94. The van der Waals surface area contributed by atoms with Gasteiger partial charge in [-0.1, -0.05) is 38.8 Å². The monoisotopic (exact) mass is 341 g/mol. The number of H-pyrrole nitrogens is 1. The highest BCUT2D eigenvalue weighted by atomic mass is 16.2. The summed E-state index contributed by atoms with van der Waals surface area (Å²) in [4.78, 5) is 38.7. The molecule has 2 heterocycles. The van der Waals surface area contributed by atoms with Crippen molar-refractivity contribution in [3.8, 4) is 0 Å². The first-order valence-corrected chi connectivity index (χ1v) is 8.82. The molecular weight excluding hydrogens is 318 g/mol. The Kier molecular flexibility index (Phi) is 5.11. The molecule has 0 fully saturated rings. The fourth-order valence-electron chi connectivity index (χ4n) is 2.80. The zero-order valence-corrected chi connectivity index (χ0v) is 14.7. The van der Waals surface area contributed by atoms with E-state index in [4.69, 9.17) is 0 Å². The lowest BCUT2D eigenvalue weighted by atomic mass is 10.3. The van der Waals surface area contributed by atoms with Gasteiger partial charge in [-0.3, -0.25) is 4.98 Å². The lowest BCUT2D eigenvalue weighted by Gasteiger charge is -2.22. The van der Waals surface area contributed by atoms with Gasteiger partial charge in [0.1, 0.15) is 0 Å². The molecule has 132 valence electrons. The summed E-state index contributed by atoms with van der Waals surface area (Å²) >= 11 is 0. The van der Waals surface area contributed by atoms with E-state index >= 15 is 0 Å². The minimum Gasteiger partial charge on any atom is -0.324 e. The zero-order valence-electron chi connectivity index (χ0n) is 14.7. The van der Waals surface area contributed by atoms with Gasteiger partial charge in [0.15, 0.2) is 11.3 Å². The van der Waals surface area contributed by atoms with E-state index in [0.29, 0.717) is 29.8 Å². The third-order valence-electron chi connectivity index (χ3n) is 4.22. The molecule has 0 atom stereocenters. The molecule has 3 aromatic rings. The Labute approximate surface area is 145 Å². The summed E-state index contributed by atoms with van der Waals surface area (Å²) in [5.41, 5.74) is 1.47. The van der Waals surface area contributed by atoms with Crippen molar-refractivity contribution < 1.29 is 4.79 Å². The predicted octanol–water partition coefficient (Wildman–Crippen LogP) is 3.14. The van der Waals surface area contributed by atoms with E-state index in [1.54, 1.807) is 4.90 Å². The molecule has 1 aromatic carbocycles. The molecule has 0 saturated carbocycles. The van der Waals surface area contributed by atoms with Gasteiger partial charge in [-0.15, -0.1) is 0 Å². The number of aromatic nitrogens is 4. The van der Waals surface area contributed by atoms with Gasteiger partial charge in [-0.2, -0.15) is 4.57 Å². The fraction of sp³-hybridized carbons (Fsp3) is 0.444. The predicted molar refractivity (Wildman–Crippen MR) is 97.8 cm³/mol. The summed E-state index contributed by atoms with van der Waals surface area (Å²) in [6, 6.07) is 7.03. The third kappa shape index (κ3) is 3.40. The summed E-state index contributed by atoms with van der Waals surface area (Å²) in [6.45, 7) is 5.43. The highest BCUT2D eigenvalue weighted by molar-refractivity contribution is 5.89. The second-order valence-electron chi connectivity index (χ2n) is 6.13. The average molecular weight is 341 g/mol. The summed E-state index contributed by atoms with van der Waals surface area (Å²) < 4.78 is 1.11. The number of unbranched alkanes of at least 4 members (excludes halogenated alkanes) is 2. The standard InChI is InChI=1S/C18H23N5O2/c1-3-5-11-22(12-6-4-2)18(25)23-16-15(21-17(23)24)19-13-9-7-8-10-14(13)20-16/h7-10H,3-6,11-12H2,1-2H3,(H,19,21,24). The molecule has 0 aliphatic rings. The molecule has 3 rings (SSSR count). The quantitative estimate of drug-likeness (QED) is 0.746. The smallest absolute Gasteiger partial charge is 0.324 e. The molecule has 25 heavy (non-hydrogen) atoms. The number of rotatable bonds is 6. The van der Waals surface area contributed by atoms with Crippen LogP contribution in [0.5, 0.6) is 0 Å². The first kappa shape index (κ1) is 17.1. The van der Waals surface area contributed by atoms with E-state index in [9.17, 15) is 9.59 Å². The Morgan fingerprint density at radius 2 is 1.68 bits per heavy atom. The molecule has 0 bridgehead atoms. The first-order chi connectivity index (χ1) is 12.2. The van der Waals surface area contributed by atoms with Crippen LogP contribution in [0.15, 0.2) is 29.1 Å². The van der Waals surface area contributed by atoms with Crippen molar-refractivity contribution in [3.63, 3.8) is 0 Å². The summed E-state index contributed by atoms with van der Waals surface area (Å²) in [7, 11) is 0. The maximum absolute atomic E-state index is 13.0. The molecule has 0 aliphatic carbocycles. The van der Waals surface area contributed by atoms with Crippen molar-refractivity contribution in [1.82, 2.24) is 24.4 Å². The minimum atomic E-state index is -0.492. The van der Waals surface area contributed by atoms with Gasteiger partial charge in [0, 0.05) is 13.1 Å². The van der Waals surface area contributed by atoms with Gasteiger partial charge < -0.3 is 4.90 Å². The molecule has 1 N–H and O–H groups in total. The van der Waals surface area contributed by atoms with E-state index in [1.165, 1.54) is 0 Å². The van der Waals surface area contributed by atoms with Crippen molar-refractivity contribution in [1.29, 1.82) is 0 Å². The number of benzene rings is 1. The minimum absolute atomic E-state index is 0.284. The molecule has 7 heteroatoms. The fourth-order valence-corrected chi connectivity index (χ4v) is 2.80. The zero-order chi connectivity index (χ0) is 17.8. The van der Waals surface area contributed by atoms with Gasteiger partial charge in [0.05, 0.1) is 11.0 Å². The Bertz CT molecular complexity index is 935. The van der Waals surface area contributed by atoms with Gasteiger partial charge in [0.2, 0.25) is 0 Å². The number of nitrogens with zero attached hydrogens (tertiary/aromatic N) is 4. The van der Waals surface area contributed by atoms with Crippen LogP contribution in [0.25, 0.3) is 22.3 Å². The Morgan fingerprint density at radius 1 is 1.08 bits per heavy atom. The molecule has 2 aromatic heterocycles. The van der Waals surface area contributed by atoms with Crippen LogP contribution in [0.2, 0.25) is 0 Å². The summed E-state index contributed by atoms with van der Waals surface area (Å²) in [5.74, 6) is 0. The largest absolute Gasteiger partial charge is 0.337 e. The number of carbonyl (C=O) groups is 1. The maximum Gasteiger partial charge on any atom is 0.337 e. The summed E-state index contributed by atoms with van der Waals surface area (Å²) in [6.07, 6.45) is 3.79. The van der Waals surface area contributed by atoms with Crippen LogP contribution >= 0.6 is 0 Å². The lowest BCUT2D eigenvalue weighted by molar-refractivity contribution is 0.197. The Hall–Kier alpha value is -2.70. The SMILES string of the molecule is CCCCN(CCCC)C(=O)n1c(=O)[nH]c2nc3ccccc3nc21. The van der Waals surface area contributed by atoms with Gasteiger partial charge in [-0.05, 0) is 25.0 Å². The molecule has 0 saturated heterocycles. The highest BCUT2D eigenvalue weighted by Crippen LogP contribution is 2.14. The first-order valence-electron chi connectivity index (χ1n) is 8.82. The van der Waals surface area contributed by atoms with Crippen LogP contribution in [0, 0.1) is 0 Å². The van der Waals surface area contributed by atoms with Crippen molar-refractivity contribution in [3.05, 3.63) is 34.7 Å². The molecular formula is C18H23N5O2. The number of carbonyl (C=O) groups excluding carboxylic acids is 1. The van der Waals surface area contributed by atoms with Crippen molar-refractivity contribution in [2.45, 2.75) is 39.5 Å². The number of hydrogen-bond acceptors (Lipinski definition) is 4. The van der Waals surface area contributed by atoms with Crippen LogP contribution < -0.4 is 5.69 Å². The Morgan fingerprint density at radius 3 is 2.28 bits per heavy atom. The van der Waals surface area contributed by atoms with E-state index in [0.717, 1.165) is 30.3 Å². The number of amides is 1. The lowest BCUT2D eigenvalue weighted by Crippen LogP contribution is -2.40. The number of para-hydroxylation sites is 2. The van der Waals surface area contributed by atoms with Crippen molar-refractivity contribution in [2.24, 2.45) is 0 Å². The molecule has 0 spiro atoms. The number of nitrogens with one attached hydrogen (secondary N) is 1. The maximum atomic E-state index is 13.0. The van der Waals surface area contributed by atoms with E-state index < -0.39 is 5.69 Å². The number of hydrogen-bond donors (Lipinski definition) is 1. The molecule has 7 nitrogen and oxygen atoms in total. The van der Waals surface area contributed by atoms with Crippen LogP contribution in [0.3, 0.4) is 0 Å².